The van der Waals surface area contributed by atoms with Crippen molar-refractivity contribution in [1.29, 1.82) is 0 Å². The van der Waals surface area contributed by atoms with Crippen molar-refractivity contribution in [3.8, 4) is 5.75 Å². The summed E-state index contributed by atoms with van der Waals surface area (Å²) in [6, 6.07) is 9.77. The van der Waals surface area contributed by atoms with Crippen LogP contribution in [0.1, 0.15) is 16.2 Å². The van der Waals surface area contributed by atoms with Gasteiger partial charge in [0.15, 0.2) is 0 Å². The number of imidazole rings is 1. The van der Waals surface area contributed by atoms with Gasteiger partial charge in [0, 0.05) is 29.0 Å². The number of amides is 1. The van der Waals surface area contributed by atoms with Gasteiger partial charge in [-0.05, 0) is 25.1 Å². The third-order valence-electron chi connectivity index (χ3n) is 3.08. The number of aromatic nitrogens is 2. The van der Waals surface area contributed by atoms with Crippen LogP contribution in [0.4, 0.5) is 5.69 Å². The highest BCUT2D eigenvalue weighted by Crippen LogP contribution is 2.19. The fraction of sp³-hybridized carbons (Fsp3) is 0.0667. The highest BCUT2D eigenvalue weighted by atomic mass is 35.5. The molecule has 21 heavy (non-hydrogen) atoms. The number of halogens is 1. The quantitative estimate of drug-likeness (QED) is 0.763. The van der Waals surface area contributed by atoms with E-state index in [-0.39, 0.29) is 11.7 Å². The molecule has 0 bridgehead atoms. The topological polar surface area (TPSA) is 66.6 Å². The van der Waals surface area contributed by atoms with E-state index in [9.17, 15) is 9.90 Å². The van der Waals surface area contributed by atoms with Crippen molar-refractivity contribution in [2.24, 2.45) is 0 Å². The van der Waals surface area contributed by atoms with Crippen LogP contribution in [0.15, 0.2) is 42.6 Å². The van der Waals surface area contributed by atoms with Gasteiger partial charge in [0.1, 0.15) is 17.1 Å². The number of phenolic OH excluding ortho intramolecular Hbond substituents is 1. The molecule has 0 fully saturated rings. The maximum Gasteiger partial charge on any atom is 0.274 e. The molecule has 2 N–H and O–H groups in total. The van der Waals surface area contributed by atoms with E-state index in [1.54, 1.807) is 41.8 Å². The number of anilines is 1. The second-order valence-electron chi connectivity index (χ2n) is 4.62. The predicted molar refractivity (Wildman–Crippen MR) is 81.0 cm³/mol. The summed E-state index contributed by atoms with van der Waals surface area (Å²) in [5.41, 5.74) is 2.17. The summed E-state index contributed by atoms with van der Waals surface area (Å²) in [5.74, 6) is -0.206. The normalized spacial score (nSPS) is 10.8. The number of nitrogens with one attached hydrogen (secondary N) is 1. The zero-order valence-corrected chi connectivity index (χ0v) is 11.9. The largest absolute Gasteiger partial charge is 0.508 e. The molecule has 3 aromatic rings. The predicted octanol–water partition coefficient (Wildman–Crippen LogP) is 3.25. The molecule has 0 atom stereocenters. The molecule has 0 saturated heterocycles. The van der Waals surface area contributed by atoms with Crippen LogP contribution >= 0.6 is 11.6 Å². The minimum absolute atomic E-state index is 0.0921. The second-order valence-corrected chi connectivity index (χ2v) is 5.06. The van der Waals surface area contributed by atoms with Crippen molar-refractivity contribution in [3.63, 3.8) is 0 Å². The van der Waals surface area contributed by atoms with Gasteiger partial charge in [0.25, 0.3) is 5.91 Å². The Balaban J connectivity index is 2.00. The Kier molecular flexibility index (Phi) is 3.27. The molecule has 6 heteroatoms. The third kappa shape index (κ3) is 2.55. The van der Waals surface area contributed by atoms with E-state index in [4.69, 9.17) is 11.6 Å². The fourth-order valence-electron chi connectivity index (χ4n) is 2.19. The van der Waals surface area contributed by atoms with Crippen molar-refractivity contribution < 1.29 is 9.90 Å². The monoisotopic (exact) mass is 301 g/mol. The molecule has 2 heterocycles. The number of fused-ring (bicyclic) bond motifs is 1. The minimum Gasteiger partial charge on any atom is -0.508 e. The van der Waals surface area contributed by atoms with Gasteiger partial charge in [-0.3, -0.25) is 9.20 Å². The number of pyridine rings is 1. The Morgan fingerprint density at radius 3 is 2.90 bits per heavy atom. The van der Waals surface area contributed by atoms with Crippen LogP contribution in [-0.2, 0) is 0 Å². The third-order valence-corrected chi connectivity index (χ3v) is 3.32. The highest BCUT2D eigenvalue weighted by molar-refractivity contribution is 6.30. The summed E-state index contributed by atoms with van der Waals surface area (Å²) in [6.45, 7) is 1.76. The van der Waals surface area contributed by atoms with Crippen LogP contribution in [0.2, 0.25) is 5.02 Å². The molecule has 106 valence electrons. The average Bonchev–Trinajstić information content (AvgIpc) is 2.73. The standard InChI is InChI=1S/C15H12ClN3O2/c1-9-14(19-6-5-10(16)7-13(19)17-9)15(21)18-11-3-2-4-12(20)8-11/h2-8,20H,1H3,(H,18,21). The molecule has 1 amide bonds. The summed E-state index contributed by atoms with van der Waals surface area (Å²) in [5, 5.41) is 12.7. The first-order chi connectivity index (χ1) is 10.0. The number of phenols is 1. The van der Waals surface area contributed by atoms with Crippen molar-refractivity contribution in [2.45, 2.75) is 6.92 Å². The maximum atomic E-state index is 12.4. The number of hydrogen-bond acceptors (Lipinski definition) is 3. The Morgan fingerprint density at radius 1 is 1.33 bits per heavy atom. The lowest BCUT2D eigenvalue weighted by Crippen LogP contribution is -2.15. The maximum absolute atomic E-state index is 12.4. The van der Waals surface area contributed by atoms with Gasteiger partial charge in [0.2, 0.25) is 0 Å². The summed E-state index contributed by atoms with van der Waals surface area (Å²) in [4.78, 5) is 16.7. The van der Waals surface area contributed by atoms with Crippen LogP contribution < -0.4 is 5.32 Å². The van der Waals surface area contributed by atoms with E-state index in [1.807, 2.05) is 0 Å². The van der Waals surface area contributed by atoms with E-state index in [0.717, 1.165) is 0 Å². The summed E-state index contributed by atoms with van der Waals surface area (Å²) in [6.07, 6.45) is 1.70. The van der Waals surface area contributed by atoms with E-state index in [2.05, 4.69) is 10.3 Å². The number of carbonyl (C=O) groups is 1. The molecule has 0 spiro atoms. The number of aromatic hydroxyl groups is 1. The number of hydrogen-bond donors (Lipinski definition) is 2. The van der Waals surface area contributed by atoms with Crippen molar-refractivity contribution in [3.05, 3.63) is 59.0 Å². The molecule has 5 nitrogen and oxygen atoms in total. The van der Waals surface area contributed by atoms with Gasteiger partial charge >= 0.3 is 0 Å². The molecule has 0 saturated carbocycles. The van der Waals surface area contributed by atoms with Gasteiger partial charge < -0.3 is 10.4 Å². The van der Waals surface area contributed by atoms with Crippen LogP contribution in [0.3, 0.4) is 0 Å². The molecule has 0 radical (unpaired) electrons. The number of aryl methyl sites for hydroxylation is 1. The smallest absolute Gasteiger partial charge is 0.274 e. The lowest BCUT2D eigenvalue weighted by Gasteiger charge is -2.06. The molecule has 0 aliphatic carbocycles. The van der Waals surface area contributed by atoms with E-state index in [1.165, 1.54) is 12.1 Å². The first kappa shape index (κ1) is 13.5. The summed E-state index contributed by atoms with van der Waals surface area (Å²) >= 11 is 5.93. The summed E-state index contributed by atoms with van der Waals surface area (Å²) in [7, 11) is 0. The highest BCUT2D eigenvalue weighted by Gasteiger charge is 2.17. The minimum atomic E-state index is -0.298. The molecule has 3 rings (SSSR count). The molecular formula is C15H12ClN3O2. The molecule has 1 aromatic carbocycles. The molecule has 0 aliphatic heterocycles. The average molecular weight is 302 g/mol. The van der Waals surface area contributed by atoms with Gasteiger partial charge in [-0.25, -0.2) is 4.98 Å². The van der Waals surface area contributed by atoms with Crippen molar-refractivity contribution in [2.75, 3.05) is 5.32 Å². The number of nitrogens with zero attached hydrogens (tertiary/aromatic N) is 2. The van der Waals surface area contributed by atoms with Gasteiger partial charge in [-0.15, -0.1) is 0 Å². The lowest BCUT2D eigenvalue weighted by molar-refractivity contribution is 0.102. The Hall–Kier alpha value is -2.53. The SMILES string of the molecule is Cc1nc2cc(Cl)ccn2c1C(=O)Nc1cccc(O)c1. The van der Waals surface area contributed by atoms with E-state index < -0.39 is 0 Å². The zero-order chi connectivity index (χ0) is 15.0. The van der Waals surface area contributed by atoms with Gasteiger partial charge in [0.05, 0.1) is 5.69 Å². The van der Waals surface area contributed by atoms with Crippen molar-refractivity contribution >= 4 is 28.8 Å². The number of rotatable bonds is 2. The first-order valence-corrected chi connectivity index (χ1v) is 6.67. The van der Waals surface area contributed by atoms with Crippen LogP contribution in [-0.4, -0.2) is 20.4 Å². The Labute approximate surface area is 125 Å². The lowest BCUT2D eigenvalue weighted by atomic mass is 10.2. The first-order valence-electron chi connectivity index (χ1n) is 6.29. The van der Waals surface area contributed by atoms with Crippen LogP contribution in [0.25, 0.3) is 5.65 Å². The zero-order valence-electron chi connectivity index (χ0n) is 11.2. The van der Waals surface area contributed by atoms with Crippen LogP contribution in [0.5, 0.6) is 5.75 Å². The van der Waals surface area contributed by atoms with E-state index >= 15 is 0 Å². The van der Waals surface area contributed by atoms with Crippen LogP contribution in [0, 0.1) is 6.92 Å². The number of carbonyl (C=O) groups excluding carboxylic acids is 1. The van der Waals surface area contributed by atoms with E-state index in [0.29, 0.717) is 27.7 Å². The molecule has 0 aliphatic rings. The molecule has 2 aromatic heterocycles. The Morgan fingerprint density at radius 2 is 2.14 bits per heavy atom. The molecular weight excluding hydrogens is 290 g/mol. The Bertz CT molecular complexity index is 842. The molecule has 0 unspecified atom stereocenters. The van der Waals surface area contributed by atoms with Gasteiger partial charge in [-0.1, -0.05) is 17.7 Å². The van der Waals surface area contributed by atoms with Crippen molar-refractivity contribution in [1.82, 2.24) is 9.38 Å². The second kappa shape index (κ2) is 5.10. The fourth-order valence-corrected chi connectivity index (χ4v) is 2.34. The van der Waals surface area contributed by atoms with Gasteiger partial charge in [-0.2, -0.15) is 0 Å². The summed E-state index contributed by atoms with van der Waals surface area (Å²) < 4.78 is 1.68. The number of benzene rings is 1.